The Kier molecular flexibility index (Phi) is 8.01. The number of nitrogens with zero attached hydrogens (tertiary/aromatic N) is 3. The van der Waals surface area contributed by atoms with Crippen LogP contribution in [0.5, 0.6) is 11.5 Å². The molecule has 0 radical (unpaired) electrons. The Hall–Kier alpha value is -4.34. The maximum Gasteiger partial charge on any atom is 0.416 e. The molecule has 5 rings (SSSR count). The van der Waals surface area contributed by atoms with Crippen molar-refractivity contribution in [1.29, 1.82) is 0 Å². The molecule has 208 valence electrons. The maximum atomic E-state index is 13.5. The van der Waals surface area contributed by atoms with Crippen molar-refractivity contribution < 1.29 is 22.6 Å². The molecule has 0 atom stereocenters. The van der Waals surface area contributed by atoms with E-state index in [1.54, 1.807) is 60.7 Å². The van der Waals surface area contributed by atoms with Gasteiger partial charge in [0.25, 0.3) is 5.56 Å². The van der Waals surface area contributed by atoms with Crippen LogP contribution in [-0.2, 0) is 12.8 Å². The minimum atomic E-state index is -4.58. The number of rotatable bonds is 7. The van der Waals surface area contributed by atoms with Gasteiger partial charge < -0.3 is 9.47 Å². The Bertz CT molecular complexity index is 1840. The van der Waals surface area contributed by atoms with Crippen molar-refractivity contribution in [2.45, 2.75) is 12.8 Å². The fourth-order valence-corrected chi connectivity index (χ4v) is 4.57. The lowest BCUT2D eigenvalue weighted by Gasteiger charge is -2.14. The number of hydrogen-bond acceptors (Lipinski definition) is 5. The Balaban J connectivity index is 1.61. The molecule has 6 nitrogen and oxygen atoms in total. The zero-order valence-corrected chi connectivity index (χ0v) is 22.8. The summed E-state index contributed by atoms with van der Waals surface area (Å²) in [5, 5.41) is 5.52. The molecule has 41 heavy (non-hydrogen) atoms. The van der Waals surface area contributed by atoms with E-state index in [1.807, 2.05) is 0 Å². The van der Waals surface area contributed by atoms with Gasteiger partial charge in [0, 0.05) is 26.7 Å². The summed E-state index contributed by atoms with van der Waals surface area (Å²) in [5.41, 5.74) is 0.0620. The van der Waals surface area contributed by atoms with Crippen LogP contribution >= 0.6 is 23.2 Å². The van der Waals surface area contributed by atoms with E-state index in [0.29, 0.717) is 38.2 Å². The second kappa shape index (κ2) is 11.6. The van der Waals surface area contributed by atoms with Crippen LogP contribution in [0.2, 0.25) is 10.0 Å². The second-order valence-electron chi connectivity index (χ2n) is 8.80. The molecule has 1 aromatic heterocycles. The van der Waals surface area contributed by atoms with Crippen LogP contribution in [0.3, 0.4) is 0 Å². The molecule has 11 heteroatoms. The van der Waals surface area contributed by atoms with Gasteiger partial charge in [0.15, 0.2) is 17.3 Å². The van der Waals surface area contributed by atoms with Gasteiger partial charge in [0.1, 0.15) is 6.61 Å². The lowest BCUT2D eigenvalue weighted by Crippen LogP contribution is -2.20. The highest BCUT2D eigenvalue weighted by atomic mass is 35.5. The third-order valence-corrected chi connectivity index (χ3v) is 6.72. The smallest absolute Gasteiger partial charge is 0.416 e. The predicted molar refractivity (Wildman–Crippen MR) is 153 cm³/mol. The molecule has 5 aromatic rings. The second-order valence-corrected chi connectivity index (χ2v) is 9.64. The first-order valence-corrected chi connectivity index (χ1v) is 12.9. The lowest BCUT2D eigenvalue weighted by atomic mass is 10.1. The van der Waals surface area contributed by atoms with Crippen LogP contribution in [0, 0.1) is 0 Å². The largest absolute Gasteiger partial charge is 0.493 e. The molecular formula is C30H20Cl2F3N3O3. The molecule has 0 aliphatic heterocycles. The molecule has 0 aliphatic rings. The number of benzene rings is 4. The zero-order valence-electron chi connectivity index (χ0n) is 21.3. The van der Waals surface area contributed by atoms with Crippen LogP contribution < -0.4 is 15.0 Å². The molecular weight excluding hydrogens is 578 g/mol. The number of methoxy groups -OCH3 is 1. The summed E-state index contributed by atoms with van der Waals surface area (Å²) < 4.78 is 52.9. The summed E-state index contributed by atoms with van der Waals surface area (Å²) in [6.45, 7) is 0.0736. The Labute approximate surface area is 242 Å². The van der Waals surface area contributed by atoms with Gasteiger partial charge >= 0.3 is 6.18 Å². The van der Waals surface area contributed by atoms with E-state index in [2.05, 4.69) is 10.1 Å². The van der Waals surface area contributed by atoms with E-state index in [1.165, 1.54) is 25.5 Å². The predicted octanol–water partition coefficient (Wildman–Crippen LogP) is 7.86. The maximum absolute atomic E-state index is 13.5. The van der Waals surface area contributed by atoms with Crippen LogP contribution in [0.25, 0.3) is 22.3 Å². The first kappa shape index (κ1) is 28.2. The van der Waals surface area contributed by atoms with Crippen molar-refractivity contribution in [3.63, 3.8) is 0 Å². The SMILES string of the molecule is COc1cccc(C=Nn2c(-c3cccc(C(F)(F)F)c3)nc3ccccc3c2=O)c1OCc1ccc(Cl)cc1Cl. The normalized spacial score (nSPS) is 11.8. The van der Waals surface area contributed by atoms with Gasteiger partial charge in [-0.3, -0.25) is 4.79 Å². The minimum absolute atomic E-state index is 0.0608. The quantitative estimate of drug-likeness (QED) is 0.179. The fraction of sp³-hybridized carbons (Fsp3) is 0.100. The average Bonchev–Trinajstić information content (AvgIpc) is 2.96. The molecule has 0 aliphatic carbocycles. The summed E-state index contributed by atoms with van der Waals surface area (Å²) in [5.74, 6) is 0.641. The number of hydrogen-bond donors (Lipinski definition) is 0. The first-order chi connectivity index (χ1) is 19.7. The topological polar surface area (TPSA) is 65.7 Å². The molecule has 0 unspecified atom stereocenters. The summed E-state index contributed by atoms with van der Waals surface area (Å²) >= 11 is 12.3. The van der Waals surface area contributed by atoms with Gasteiger partial charge in [0.2, 0.25) is 0 Å². The molecule has 4 aromatic carbocycles. The number of ether oxygens (including phenoxy) is 2. The molecule has 0 spiro atoms. The van der Waals surface area contributed by atoms with Crippen molar-refractivity contribution in [1.82, 2.24) is 9.66 Å². The summed E-state index contributed by atoms with van der Waals surface area (Å²) in [6, 6.07) is 21.2. The lowest BCUT2D eigenvalue weighted by molar-refractivity contribution is -0.137. The van der Waals surface area contributed by atoms with Crippen LogP contribution in [-0.4, -0.2) is 23.0 Å². The molecule has 1 heterocycles. The van der Waals surface area contributed by atoms with Crippen LogP contribution in [0.15, 0.2) is 94.8 Å². The van der Waals surface area contributed by atoms with Gasteiger partial charge in [0.05, 0.1) is 29.8 Å². The fourth-order valence-electron chi connectivity index (χ4n) is 4.11. The summed E-state index contributed by atoms with van der Waals surface area (Å²) in [7, 11) is 1.47. The van der Waals surface area contributed by atoms with Crippen molar-refractivity contribution in [3.8, 4) is 22.9 Å². The van der Waals surface area contributed by atoms with E-state index in [0.717, 1.165) is 16.8 Å². The van der Waals surface area contributed by atoms with E-state index in [-0.39, 0.29) is 23.4 Å². The van der Waals surface area contributed by atoms with E-state index in [4.69, 9.17) is 32.7 Å². The number of alkyl halides is 3. The van der Waals surface area contributed by atoms with Crippen LogP contribution in [0.1, 0.15) is 16.7 Å². The van der Waals surface area contributed by atoms with Gasteiger partial charge in [-0.1, -0.05) is 59.6 Å². The van der Waals surface area contributed by atoms with Gasteiger partial charge in [-0.25, -0.2) is 4.98 Å². The number of halogens is 5. The molecule has 0 saturated carbocycles. The first-order valence-electron chi connectivity index (χ1n) is 12.1. The van der Waals surface area contributed by atoms with E-state index < -0.39 is 17.3 Å². The molecule has 0 N–H and O–H groups in total. The average molecular weight is 598 g/mol. The number of fused-ring (bicyclic) bond motifs is 1. The van der Waals surface area contributed by atoms with Gasteiger partial charge in [-0.2, -0.15) is 22.9 Å². The van der Waals surface area contributed by atoms with Crippen LogP contribution in [0.4, 0.5) is 13.2 Å². The number of aromatic nitrogens is 2. The standard InChI is InChI=1S/C30H20Cl2F3N3O3/c1-40-26-11-5-7-19(27(26)41-17-20-12-13-22(31)15-24(20)32)16-36-38-28(18-6-4-8-21(14-18)30(33,34)35)37-25-10-3-2-9-23(25)29(38)39/h2-16H,17H2,1H3. The third-order valence-electron chi connectivity index (χ3n) is 6.13. The highest BCUT2D eigenvalue weighted by Gasteiger charge is 2.31. The van der Waals surface area contributed by atoms with Crippen molar-refractivity contribution in [2.75, 3.05) is 7.11 Å². The molecule has 0 bridgehead atoms. The third kappa shape index (κ3) is 6.06. The minimum Gasteiger partial charge on any atom is -0.493 e. The number of para-hydroxylation sites is 2. The highest BCUT2D eigenvalue weighted by Crippen LogP contribution is 2.33. The summed E-state index contributed by atoms with van der Waals surface area (Å²) in [6.07, 6.45) is -3.22. The van der Waals surface area contributed by atoms with Crippen molar-refractivity contribution >= 4 is 40.3 Å². The van der Waals surface area contributed by atoms with Crippen molar-refractivity contribution in [2.24, 2.45) is 5.10 Å². The summed E-state index contributed by atoms with van der Waals surface area (Å²) in [4.78, 5) is 18.0. The van der Waals surface area contributed by atoms with Gasteiger partial charge in [-0.15, -0.1) is 0 Å². The molecule has 0 fully saturated rings. The zero-order chi connectivity index (χ0) is 29.1. The Morgan fingerprint density at radius 3 is 2.51 bits per heavy atom. The molecule has 0 saturated heterocycles. The van der Waals surface area contributed by atoms with E-state index in [9.17, 15) is 18.0 Å². The molecule has 0 amide bonds. The van der Waals surface area contributed by atoms with Crippen molar-refractivity contribution in [3.05, 3.63) is 122 Å². The highest BCUT2D eigenvalue weighted by molar-refractivity contribution is 6.35. The van der Waals surface area contributed by atoms with E-state index >= 15 is 0 Å². The Morgan fingerprint density at radius 1 is 0.976 bits per heavy atom. The Morgan fingerprint density at radius 2 is 1.76 bits per heavy atom. The van der Waals surface area contributed by atoms with Gasteiger partial charge in [-0.05, 0) is 48.5 Å². The monoisotopic (exact) mass is 597 g/mol.